The predicted molar refractivity (Wildman–Crippen MR) is 101 cm³/mol. The number of carbonyl (C=O) groups is 1. The Morgan fingerprint density at radius 1 is 1.24 bits per heavy atom. The lowest BCUT2D eigenvalue weighted by molar-refractivity contribution is 0.0929. The molecule has 25 heavy (non-hydrogen) atoms. The van der Waals surface area contributed by atoms with Gasteiger partial charge in [0.15, 0.2) is 5.06 Å². The highest BCUT2D eigenvalue weighted by Gasteiger charge is 2.29. The van der Waals surface area contributed by atoms with Crippen LogP contribution >= 0.6 is 11.3 Å². The molecule has 0 spiro atoms. The lowest BCUT2D eigenvalue weighted by Gasteiger charge is -2.26. The highest BCUT2D eigenvalue weighted by atomic mass is 32.1. The highest BCUT2D eigenvalue weighted by molar-refractivity contribution is 7.12. The molecule has 2 aromatic rings. The van der Waals surface area contributed by atoms with Gasteiger partial charge in [0.05, 0.1) is 0 Å². The second-order valence-electron chi connectivity index (χ2n) is 7.22. The van der Waals surface area contributed by atoms with Crippen LogP contribution in [0.5, 0.6) is 10.8 Å². The van der Waals surface area contributed by atoms with Crippen molar-refractivity contribution in [3.8, 4) is 10.8 Å². The number of nitrogens with zero attached hydrogens (tertiary/aromatic N) is 1. The highest BCUT2D eigenvalue weighted by Crippen LogP contribution is 2.29. The maximum absolute atomic E-state index is 12.6. The number of rotatable bonds is 4. The van der Waals surface area contributed by atoms with E-state index in [9.17, 15) is 4.79 Å². The van der Waals surface area contributed by atoms with Crippen molar-refractivity contribution in [3.63, 3.8) is 0 Å². The summed E-state index contributed by atoms with van der Waals surface area (Å²) in [5.41, 5.74) is 1.89. The summed E-state index contributed by atoms with van der Waals surface area (Å²) in [5.74, 6) is 1.55. The van der Waals surface area contributed by atoms with E-state index in [-0.39, 0.29) is 11.9 Å². The van der Waals surface area contributed by atoms with Crippen molar-refractivity contribution in [2.24, 2.45) is 5.92 Å². The van der Waals surface area contributed by atoms with Crippen LogP contribution in [0.1, 0.15) is 35.2 Å². The number of benzene rings is 1. The zero-order valence-corrected chi connectivity index (χ0v) is 15.3. The van der Waals surface area contributed by atoms with Gasteiger partial charge in [0.2, 0.25) is 0 Å². The van der Waals surface area contributed by atoms with Crippen LogP contribution < -0.4 is 10.1 Å². The summed E-state index contributed by atoms with van der Waals surface area (Å²) in [4.78, 5) is 15.0. The first kappa shape index (κ1) is 16.6. The third-order valence-electron chi connectivity index (χ3n) is 5.18. The first-order valence-electron chi connectivity index (χ1n) is 9.02. The molecule has 2 bridgehead atoms. The molecule has 3 aliphatic heterocycles. The lowest BCUT2D eigenvalue weighted by atomic mass is 9.94. The number of hydrogen-bond donors (Lipinski definition) is 1. The number of amides is 1. The minimum absolute atomic E-state index is 0.0195. The van der Waals surface area contributed by atoms with Gasteiger partial charge in [0, 0.05) is 18.2 Å². The van der Waals surface area contributed by atoms with Gasteiger partial charge >= 0.3 is 0 Å². The van der Waals surface area contributed by atoms with E-state index in [0.29, 0.717) is 5.56 Å². The second-order valence-corrected chi connectivity index (χ2v) is 8.09. The number of ether oxygens (including phenoxy) is 1. The van der Waals surface area contributed by atoms with Gasteiger partial charge in [-0.15, -0.1) is 11.3 Å². The molecule has 4 nitrogen and oxygen atoms in total. The largest absolute Gasteiger partial charge is 0.447 e. The van der Waals surface area contributed by atoms with E-state index in [1.165, 1.54) is 31.5 Å². The van der Waals surface area contributed by atoms with Gasteiger partial charge in [-0.05, 0) is 86.5 Å². The van der Waals surface area contributed by atoms with Crippen molar-refractivity contribution < 1.29 is 9.53 Å². The second kappa shape index (κ2) is 7.18. The minimum atomic E-state index is 0.0195. The third-order valence-corrected chi connectivity index (χ3v) is 6.10. The van der Waals surface area contributed by atoms with Crippen LogP contribution in [-0.4, -0.2) is 36.5 Å². The molecule has 3 aliphatic rings. The fourth-order valence-electron chi connectivity index (χ4n) is 3.82. The molecule has 1 amide bonds. The van der Waals surface area contributed by atoms with Crippen LogP contribution in [0.25, 0.3) is 0 Å². The van der Waals surface area contributed by atoms with Crippen molar-refractivity contribution in [1.82, 2.24) is 10.2 Å². The Hall–Kier alpha value is -1.85. The average Bonchev–Trinajstić information content (AvgIpc) is 2.81. The molecule has 132 valence electrons. The van der Waals surface area contributed by atoms with Gasteiger partial charge in [-0.25, -0.2) is 0 Å². The van der Waals surface area contributed by atoms with E-state index in [1.807, 2.05) is 37.3 Å². The fraction of sp³-hybridized carbons (Fsp3) is 0.450. The van der Waals surface area contributed by atoms with Crippen molar-refractivity contribution in [2.75, 3.05) is 19.6 Å². The van der Waals surface area contributed by atoms with Crippen LogP contribution in [0.3, 0.4) is 0 Å². The van der Waals surface area contributed by atoms with Gasteiger partial charge in [-0.1, -0.05) is 0 Å². The van der Waals surface area contributed by atoms with Gasteiger partial charge in [0.25, 0.3) is 5.91 Å². The van der Waals surface area contributed by atoms with Gasteiger partial charge in [0.1, 0.15) is 5.75 Å². The predicted octanol–water partition coefficient (Wildman–Crippen LogP) is 4.06. The maximum atomic E-state index is 12.6. The van der Waals surface area contributed by atoms with Crippen LogP contribution in [0.2, 0.25) is 0 Å². The first-order chi connectivity index (χ1) is 12.2. The fourth-order valence-corrected chi connectivity index (χ4v) is 4.58. The smallest absolute Gasteiger partial charge is 0.251 e. The Bertz CT molecular complexity index is 718. The zero-order chi connectivity index (χ0) is 17.2. The Kier molecular flexibility index (Phi) is 4.77. The molecule has 3 fully saturated rings. The topological polar surface area (TPSA) is 41.6 Å². The van der Waals surface area contributed by atoms with Crippen molar-refractivity contribution in [3.05, 3.63) is 46.8 Å². The molecule has 5 heteroatoms. The summed E-state index contributed by atoms with van der Waals surface area (Å²) in [6.07, 6.45) is 3.67. The normalized spacial score (nSPS) is 25.4. The molecule has 0 radical (unpaired) electrons. The van der Waals surface area contributed by atoms with Crippen LogP contribution in [-0.2, 0) is 0 Å². The molecule has 3 saturated heterocycles. The van der Waals surface area contributed by atoms with Crippen molar-refractivity contribution in [2.45, 2.75) is 32.2 Å². The lowest BCUT2D eigenvalue weighted by Crippen LogP contribution is -2.41. The van der Waals surface area contributed by atoms with E-state index >= 15 is 0 Å². The van der Waals surface area contributed by atoms with Crippen molar-refractivity contribution >= 4 is 17.2 Å². The molecule has 5 rings (SSSR count). The number of hydrogen-bond acceptors (Lipinski definition) is 4. The molecule has 1 aromatic carbocycles. The number of carbonyl (C=O) groups excluding carboxylic acids is 1. The molecule has 4 heterocycles. The summed E-state index contributed by atoms with van der Waals surface area (Å²) in [6.45, 7) is 5.41. The van der Waals surface area contributed by atoms with Gasteiger partial charge in [-0.2, -0.15) is 0 Å². The van der Waals surface area contributed by atoms with E-state index < -0.39 is 0 Å². The van der Waals surface area contributed by atoms with E-state index in [1.54, 1.807) is 11.3 Å². The Balaban J connectivity index is 1.37. The standard InChI is InChI=1S/C20H24N2O2S/c1-14-10-19(25-13-14)24-18-4-2-16(3-5-18)20(23)21-17-11-15-6-8-22(12-17)9-7-15/h2-5,10,13,15,17H,6-9,11-12H2,1H3,(H,21,23). The molecular weight excluding hydrogens is 332 g/mol. The number of thiophene rings is 1. The number of aryl methyl sites for hydroxylation is 1. The van der Waals surface area contributed by atoms with Crippen LogP contribution in [0, 0.1) is 12.8 Å². The summed E-state index contributed by atoms with van der Waals surface area (Å²) in [6, 6.07) is 9.70. The summed E-state index contributed by atoms with van der Waals surface area (Å²) in [5, 5.41) is 6.16. The number of nitrogens with one attached hydrogen (secondary N) is 1. The molecule has 1 unspecified atom stereocenters. The average molecular weight is 356 g/mol. The number of fused-ring (bicyclic) bond motifs is 4. The summed E-state index contributed by atoms with van der Waals surface area (Å²) < 4.78 is 5.82. The van der Waals surface area contributed by atoms with Crippen LogP contribution in [0.15, 0.2) is 35.7 Å². The van der Waals surface area contributed by atoms with Crippen molar-refractivity contribution in [1.29, 1.82) is 0 Å². The third kappa shape index (κ3) is 4.05. The Morgan fingerprint density at radius 3 is 2.68 bits per heavy atom. The first-order valence-corrected chi connectivity index (χ1v) is 9.90. The maximum Gasteiger partial charge on any atom is 0.251 e. The van der Waals surface area contributed by atoms with Crippen LogP contribution in [0.4, 0.5) is 0 Å². The minimum Gasteiger partial charge on any atom is -0.447 e. The Morgan fingerprint density at radius 2 is 2.00 bits per heavy atom. The molecule has 1 atom stereocenters. The van der Waals surface area contributed by atoms with E-state index in [0.717, 1.165) is 29.7 Å². The van der Waals surface area contributed by atoms with Gasteiger partial charge < -0.3 is 15.0 Å². The monoisotopic (exact) mass is 356 g/mol. The molecular formula is C20H24N2O2S. The van der Waals surface area contributed by atoms with E-state index in [4.69, 9.17) is 4.74 Å². The summed E-state index contributed by atoms with van der Waals surface area (Å²) in [7, 11) is 0. The van der Waals surface area contributed by atoms with E-state index in [2.05, 4.69) is 15.6 Å². The molecule has 1 aromatic heterocycles. The Labute approximate surface area is 152 Å². The molecule has 1 N–H and O–H groups in total. The number of piperidine rings is 1. The molecule has 0 saturated carbocycles. The van der Waals surface area contributed by atoms with Gasteiger partial charge in [-0.3, -0.25) is 4.79 Å². The quantitative estimate of drug-likeness (QED) is 0.898. The SMILES string of the molecule is Cc1csc(Oc2ccc(C(=O)NC3CC4CCN(CC4)C3)cc2)c1. The molecule has 0 aliphatic carbocycles. The zero-order valence-electron chi connectivity index (χ0n) is 14.5. The summed E-state index contributed by atoms with van der Waals surface area (Å²) >= 11 is 1.58.